The molecule has 0 unspecified atom stereocenters. The molecule has 4 nitrogen and oxygen atoms in total. The van der Waals surface area contributed by atoms with Crippen LogP contribution in [-0.2, 0) is 6.18 Å². The molecule has 0 saturated carbocycles. The summed E-state index contributed by atoms with van der Waals surface area (Å²) in [6.07, 6.45) is -8.35. The number of pyridine rings is 1. The normalized spacial score (nSPS) is 11.7. The second-order valence-corrected chi connectivity index (χ2v) is 3.08. The van der Waals surface area contributed by atoms with Gasteiger partial charge in [0.2, 0.25) is 0 Å². The van der Waals surface area contributed by atoms with E-state index in [0.29, 0.717) is 0 Å². The lowest BCUT2D eigenvalue weighted by Gasteiger charge is -2.14. The van der Waals surface area contributed by atoms with Crippen LogP contribution in [0.4, 0.5) is 22.0 Å². The molecule has 18 heavy (non-hydrogen) atoms. The SMILES string of the molecule is COc1c(C(F)(F)F)cc(C(F)F)nc1C(=O)O. The first-order valence-electron chi connectivity index (χ1n) is 4.36. The summed E-state index contributed by atoms with van der Waals surface area (Å²) in [5, 5.41) is 8.64. The van der Waals surface area contributed by atoms with Gasteiger partial charge in [0.25, 0.3) is 6.43 Å². The van der Waals surface area contributed by atoms with Crippen LogP contribution in [0.3, 0.4) is 0 Å². The minimum Gasteiger partial charge on any atom is -0.494 e. The molecular weight excluding hydrogens is 265 g/mol. The number of aromatic nitrogens is 1. The van der Waals surface area contributed by atoms with Gasteiger partial charge in [-0.05, 0) is 6.07 Å². The Balaban J connectivity index is 3.62. The third-order valence-corrected chi connectivity index (χ3v) is 1.93. The number of methoxy groups -OCH3 is 1. The standard InChI is InChI=1S/C9H6F5NO3/c1-18-6-3(9(12,13)14)2-4(7(10)11)15-5(6)8(16)17/h2,7H,1H3,(H,16,17). The van der Waals surface area contributed by atoms with Crippen LogP contribution in [0.5, 0.6) is 5.75 Å². The van der Waals surface area contributed by atoms with E-state index in [0.717, 1.165) is 7.11 Å². The largest absolute Gasteiger partial charge is 0.494 e. The molecule has 100 valence electrons. The Kier molecular flexibility index (Phi) is 3.73. The molecule has 1 rings (SSSR count). The van der Waals surface area contributed by atoms with Gasteiger partial charge in [0, 0.05) is 0 Å². The lowest BCUT2D eigenvalue weighted by Crippen LogP contribution is -2.15. The van der Waals surface area contributed by atoms with Gasteiger partial charge in [0.15, 0.2) is 11.4 Å². The Morgan fingerprint density at radius 2 is 2.00 bits per heavy atom. The molecular formula is C9H6F5NO3. The van der Waals surface area contributed by atoms with Crippen LogP contribution in [0.15, 0.2) is 6.07 Å². The highest BCUT2D eigenvalue weighted by Gasteiger charge is 2.38. The Labute approximate surface area is 97.0 Å². The topological polar surface area (TPSA) is 59.4 Å². The van der Waals surface area contributed by atoms with Crippen molar-refractivity contribution in [3.63, 3.8) is 0 Å². The Morgan fingerprint density at radius 1 is 1.44 bits per heavy atom. The Bertz CT molecular complexity index is 472. The molecule has 9 heteroatoms. The van der Waals surface area contributed by atoms with E-state index in [1.165, 1.54) is 0 Å². The maximum atomic E-state index is 12.6. The maximum absolute atomic E-state index is 12.6. The number of carboxylic acids is 1. The van der Waals surface area contributed by atoms with E-state index in [2.05, 4.69) is 9.72 Å². The molecule has 1 heterocycles. The number of halogens is 5. The number of aromatic carboxylic acids is 1. The van der Waals surface area contributed by atoms with Crippen molar-refractivity contribution in [1.82, 2.24) is 4.98 Å². The van der Waals surface area contributed by atoms with Crippen LogP contribution in [0, 0.1) is 0 Å². The van der Waals surface area contributed by atoms with E-state index in [-0.39, 0.29) is 6.07 Å². The van der Waals surface area contributed by atoms with Crippen LogP contribution in [0.2, 0.25) is 0 Å². The third-order valence-electron chi connectivity index (χ3n) is 1.93. The third kappa shape index (κ3) is 2.66. The number of carbonyl (C=O) groups is 1. The predicted molar refractivity (Wildman–Crippen MR) is 47.7 cm³/mol. The molecule has 0 saturated heterocycles. The minimum atomic E-state index is -5.03. The molecule has 0 aromatic carbocycles. The van der Waals surface area contributed by atoms with Crippen LogP contribution in [-0.4, -0.2) is 23.2 Å². The summed E-state index contributed by atoms with van der Waals surface area (Å²) < 4.78 is 66.7. The quantitative estimate of drug-likeness (QED) is 0.859. The Morgan fingerprint density at radius 3 is 2.33 bits per heavy atom. The second-order valence-electron chi connectivity index (χ2n) is 3.08. The first-order valence-corrected chi connectivity index (χ1v) is 4.36. The van der Waals surface area contributed by atoms with Crippen molar-refractivity contribution in [3.8, 4) is 5.75 Å². The van der Waals surface area contributed by atoms with Gasteiger partial charge in [0.05, 0.1) is 7.11 Å². The molecule has 0 aliphatic rings. The molecule has 0 aliphatic carbocycles. The Hall–Kier alpha value is -1.93. The van der Waals surface area contributed by atoms with Gasteiger partial charge in [-0.1, -0.05) is 0 Å². The summed E-state index contributed by atoms with van der Waals surface area (Å²) in [7, 11) is 0.792. The molecule has 1 aromatic rings. The van der Waals surface area contributed by atoms with Crippen molar-refractivity contribution in [2.75, 3.05) is 7.11 Å². The minimum absolute atomic E-state index is 0.0654. The molecule has 1 N–H and O–H groups in total. The lowest BCUT2D eigenvalue weighted by atomic mass is 10.1. The van der Waals surface area contributed by atoms with Crippen molar-refractivity contribution < 1.29 is 36.6 Å². The average Bonchev–Trinajstić information content (AvgIpc) is 2.25. The van der Waals surface area contributed by atoms with Crippen LogP contribution in [0.1, 0.15) is 28.2 Å². The fourth-order valence-electron chi connectivity index (χ4n) is 1.23. The van der Waals surface area contributed by atoms with Crippen molar-refractivity contribution >= 4 is 5.97 Å². The zero-order chi connectivity index (χ0) is 14.1. The van der Waals surface area contributed by atoms with Crippen LogP contribution >= 0.6 is 0 Å². The number of hydrogen-bond donors (Lipinski definition) is 1. The molecule has 0 atom stereocenters. The molecule has 0 amide bonds. The highest BCUT2D eigenvalue weighted by Crippen LogP contribution is 2.39. The second kappa shape index (κ2) is 4.75. The number of ether oxygens (including phenoxy) is 1. The predicted octanol–water partition coefficient (Wildman–Crippen LogP) is 2.74. The molecule has 0 bridgehead atoms. The average molecular weight is 271 g/mol. The zero-order valence-electron chi connectivity index (χ0n) is 8.76. The summed E-state index contributed by atoms with van der Waals surface area (Å²) in [5.74, 6) is -2.99. The summed E-state index contributed by atoms with van der Waals surface area (Å²) in [6, 6.07) is 0.0654. The van der Waals surface area contributed by atoms with E-state index in [4.69, 9.17) is 5.11 Å². The summed E-state index contributed by atoms with van der Waals surface area (Å²) in [5.41, 5.74) is -4.09. The van der Waals surface area contributed by atoms with Crippen molar-refractivity contribution in [3.05, 3.63) is 23.0 Å². The van der Waals surface area contributed by atoms with Crippen molar-refractivity contribution in [2.45, 2.75) is 12.6 Å². The first kappa shape index (κ1) is 14.1. The highest BCUT2D eigenvalue weighted by molar-refractivity contribution is 5.89. The molecule has 0 aliphatic heterocycles. The van der Waals surface area contributed by atoms with Gasteiger partial charge in [-0.2, -0.15) is 13.2 Å². The van der Waals surface area contributed by atoms with Gasteiger partial charge in [-0.15, -0.1) is 0 Å². The summed E-state index contributed by atoms with van der Waals surface area (Å²) in [4.78, 5) is 13.6. The van der Waals surface area contributed by atoms with Gasteiger partial charge < -0.3 is 9.84 Å². The summed E-state index contributed by atoms with van der Waals surface area (Å²) in [6.45, 7) is 0. The molecule has 1 aromatic heterocycles. The van der Waals surface area contributed by atoms with Crippen LogP contribution in [0.25, 0.3) is 0 Å². The molecule has 0 radical (unpaired) electrons. The fraction of sp³-hybridized carbons (Fsp3) is 0.333. The smallest absolute Gasteiger partial charge is 0.420 e. The van der Waals surface area contributed by atoms with E-state index in [1.807, 2.05) is 0 Å². The van der Waals surface area contributed by atoms with E-state index >= 15 is 0 Å². The molecule has 0 fully saturated rings. The van der Waals surface area contributed by atoms with E-state index < -0.39 is 41.3 Å². The van der Waals surface area contributed by atoms with E-state index in [1.54, 1.807) is 0 Å². The fourth-order valence-corrected chi connectivity index (χ4v) is 1.23. The monoisotopic (exact) mass is 271 g/mol. The highest BCUT2D eigenvalue weighted by atomic mass is 19.4. The summed E-state index contributed by atoms with van der Waals surface area (Å²) >= 11 is 0. The zero-order valence-corrected chi connectivity index (χ0v) is 8.76. The number of hydrogen-bond acceptors (Lipinski definition) is 3. The number of rotatable bonds is 3. The number of alkyl halides is 5. The number of nitrogens with zero attached hydrogens (tertiary/aromatic N) is 1. The molecule has 0 spiro atoms. The number of carboxylic acid groups (broad SMARTS) is 1. The lowest BCUT2D eigenvalue weighted by molar-refractivity contribution is -0.139. The van der Waals surface area contributed by atoms with E-state index in [9.17, 15) is 26.7 Å². The maximum Gasteiger partial charge on any atom is 0.420 e. The van der Waals surface area contributed by atoms with Crippen molar-refractivity contribution in [1.29, 1.82) is 0 Å². The van der Waals surface area contributed by atoms with Crippen molar-refractivity contribution in [2.24, 2.45) is 0 Å². The first-order chi connectivity index (χ1) is 8.18. The van der Waals surface area contributed by atoms with Gasteiger partial charge >= 0.3 is 12.1 Å². The van der Waals surface area contributed by atoms with Crippen LogP contribution < -0.4 is 4.74 Å². The van der Waals surface area contributed by atoms with Gasteiger partial charge in [-0.3, -0.25) is 0 Å². The van der Waals surface area contributed by atoms with Gasteiger partial charge in [0.1, 0.15) is 11.3 Å². The van der Waals surface area contributed by atoms with Gasteiger partial charge in [-0.25, -0.2) is 18.6 Å².